The van der Waals surface area contributed by atoms with Gasteiger partial charge in [0.1, 0.15) is 0 Å². The maximum atomic E-state index is 12.8. The second-order valence-electron chi connectivity index (χ2n) is 7.35. The molecule has 4 rings (SSSR count). The average Bonchev–Trinajstić information content (AvgIpc) is 2.99. The number of amides is 1. The number of aromatic nitrogens is 4. The summed E-state index contributed by atoms with van der Waals surface area (Å²) in [7, 11) is 0. The number of rotatable bonds is 5. The molecule has 0 bridgehead atoms. The third kappa shape index (κ3) is 4.52. The Bertz CT molecular complexity index is 1020. The summed E-state index contributed by atoms with van der Waals surface area (Å²) in [6.45, 7) is 3.67. The molecule has 0 spiro atoms. The molecule has 3 heterocycles. The van der Waals surface area contributed by atoms with Gasteiger partial charge in [-0.2, -0.15) is 0 Å². The minimum Gasteiger partial charge on any atom is -0.342 e. The Hall–Kier alpha value is -2.38. The summed E-state index contributed by atoms with van der Waals surface area (Å²) >= 11 is 7.81. The minimum atomic E-state index is 0.157. The van der Waals surface area contributed by atoms with Gasteiger partial charge in [-0.3, -0.25) is 14.3 Å². The number of carbonyl (C=O) groups is 1. The molecule has 3 aromatic rings. The molecule has 1 aliphatic heterocycles. The number of thioether (sulfide) groups is 1. The van der Waals surface area contributed by atoms with Crippen LogP contribution in [0.4, 0.5) is 0 Å². The van der Waals surface area contributed by atoms with Gasteiger partial charge in [-0.05, 0) is 49.6 Å². The van der Waals surface area contributed by atoms with Gasteiger partial charge < -0.3 is 4.90 Å². The summed E-state index contributed by atoms with van der Waals surface area (Å²) in [4.78, 5) is 18.9. The second kappa shape index (κ2) is 9.62. The molecule has 8 heteroatoms. The Balaban J connectivity index is 1.65. The number of halogens is 1. The third-order valence-corrected chi connectivity index (χ3v) is 6.66. The highest BCUT2D eigenvalue weighted by molar-refractivity contribution is 7.99. The van der Waals surface area contributed by atoms with Gasteiger partial charge in [0.25, 0.3) is 0 Å². The Labute approximate surface area is 185 Å². The van der Waals surface area contributed by atoms with E-state index in [1.54, 1.807) is 12.4 Å². The van der Waals surface area contributed by atoms with E-state index >= 15 is 0 Å². The molecule has 0 radical (unpaired) electrons. The third-order valence-electron chi connectivity index (χ3n) is 5.34. The fourth-order valence-electron chi connectivity index (χ4n) is 3.64. The number of carbonyl (C=O) groups excluding carboxylic acids is 1. The first-order valence-electron chi connectivity index (χ1n) is 10.2. The smallest absolute Gasteiger partial charge is 0.233 e. The van der Waals surface area contributed by atoms with Crippen molar-refractivity contribution in [2.45, 2.75) is 37.8 Å². The topological polar surface area (TPSA) is 63.9 Å². The molecule has 1 saturated heterocycles. The predicted octanol–water partition coefficient (Wildman–Crippen LogP) is 4.79. The molecule has 0 saturated carbocycles. The van der Waals surface area contributed by atoms with Crippen LogP contribution < -0.4 is 0 Å². The molecule has 6 nitrogen and oxygen atoms in total. The normalized spacial score (nSPS) is 14.5. The molecule has 0 unspecified atom stereocenters. The highest BCUT2D eigenvalue weighted by Gasteiger charge is 2.21. The van der Waals surface area contributed by atoms with E-state index in [2.05, 4.69) is 15.2 Å². The van der Waals surface area contributed by atoms with Crippen LogP contribution in [-0.2, 0) is 4.79 Å². The molecule has 1 amide bonds. The van der Waals surface area contributed by atoms with Crippen LogP contribution in [0.25, 0.3) is 17.1 Å². The van der Waals surface area contributed by atoms with Crippen molar-refractivity contribution >= 4 is 29.3 Å². The lowest BCUT2D eigenvalue weighted by Gasteiger charge is -2.20. The van der Waals surface area contributed by atoms with E-state index in [-0.39, 0.29) is 5.91 Å². The molecular formula is C22H24ClN5OS. The highest BCUT2D eigenvalue weighted by Crippen LogP contribution is 2.31. The van der Waals surface area contributed by atoms with E-state index in [0.29, 0.717) is 21.8 Å². The van der Waals surface area contributed by atoms with Crippen molar-refractivity contribution in [2.24, 2.45) is 0 Å². The molecule has 2 aromatic heterocycles. The van der Waals surface area contributed by atoms with Gasteiger partial charge in [-0.15, -0.1) is 10.2 Å². The van der Waals surface area contributed by atoms with Crippen molar-refractivity contribution in [2.75, 3.05) is 18.8 Å². The van der Waals surface area contributed by atoms with Crippen LogP contribution in [0, 0.1) is 6.92 Å². The zero-order chi connectivity index (χ0) is 20.9. The van der Waals surface area contributed by atoms with Gasteiger partial charge in [0.2, 0.25) is 5.91 Å². The monoisotopic (exact) mass is 441 g/mol. The lowest BCUT2D eigenvalue weighted by Crippen LogP contribution is -2.33. The highest BCUT2D eigenvalue weighted by atomic mass is 35.5. The first-order valence-corrected chi connectivity index (χ1v) is 11.5. The molecule has 1 aliphatic rings. The van der Waals surface area contributed by atoms with Crippen molar-refractivity contribution in [3.05, 3.63) is 53.3 Å². The SMILES string of the molecule is Cc1c(Cl)cccc1-n1c(SCC(=O)N2CCCCCC2)nnc1-c1ccncc1. The molecule has 1 aromatic carbocycles. The quantitative estimate of drug-likeness (QED) is 0.533. The summed E-state index contributed by atoms with van der Waals surface area (Å²) in [5.74, 6) is 1.20. The van der Waals surface area contributed by atoms with Crippen LogP contribution in [0.15, 0.2) is 47.9 Å². The van der Waals surface area contributed by atoms with Crippen LogP contribution in [0.5, 0.6) is 0 Å². The number of hydrogen-bond donors (Lipinski definition) is 0. The van der Waals surface area contributed by atoms with Crippen molar-refractivity contribution in [3.63, 3.8) is 0 Å². The zero-order valence-corrected chi connectivity index (χ0v) is 18.5. The van der Waals surface area contributed by atoms with Crippen LogP contribution in [0.2, 0.25) is 5.02 Å². The number of benzene rings is 1. The maximum absolute atomic E-state index is 12.8. The van der Waals surface area contributed by atoms with E-state index in [1.165, 1.54) is 24.6 Å². The van der Waals surface area contributed by atoms with Gasteiger partial charge in [-0.25, -0.2) is 0 Å². The van der Waals surface area contributed by atoms with Gasteiger partial charge in [0.15, 0.2) is 11.0 Å². The summed E-state index contributed by atoms with van der Waals surface area (Å²) in [5.41, 5.74) is 2.75. The lowest BCUT2D eigenvalue weighted by molar-refractivity contribution is -0.128. The largest absolute Gasteiger partial charge is 0.342 e. The van der Waals surface area contributed by atoms with Crippen molar-refractivity contribution in [1.29, 1.82) is 0 Å². The summed E-state index contributed by atoms with van der Waals surface area (Å²) in [5, 5.41) is 10.2. The van der Waals surface area contributed by atoms with Crippen molar-refractivity contribution < 1.29 is 4.79 Å². The van der Waals surface area contributed by atoms with Gasteiger partial charge >= 0.3 is 0 Å². The molecule has 0 N–H and O–H groups in total. The van der Waals surface area contributed by atoms with E-state index in [4.69, 9.17) is 11.6 Å². The number of likely N-dealkylation sites (tertiary alicyclic amines) is 1. The zero-order valence-electron chi connectivity index (χ0n) is 16.9. The Morgan fingerprint density at radius 1 is 1.07 bits per heavy atom. The number of pyridine rings is 1. The minimum absolute atomic E-state index is 0.157. The average molecular weight is 442 g/mol. The summed E-state index contributed by atoms with van der Waals surface area (Å²) in [6, 6.07) is 9.58. The Morgan fingerprint density at radius 2 is 1.80 bits per heavy atom. The summed E-state index contributed by atoms with van der Waals surface area (Å²) in [6.07, 6.45) is 8.04. The molecule has 0 atom stereocenters. The maximum Gasteiger partial charge on any atom is 0.233 e. The van der Waals surface area contributed by atoms with E-state index in [9.17, 15) is 4.79 Å². The molecule has 1 fully saturated rings. The first-order chi connectivity index (χ1) is 14.6. The fourth-order valence-corrected chi connectivity index (χ4v) is 4.66. The van der Waals surface area contributed by atoms with E-state index in [1.807, 2.05) is 46.7 Å². The summed E-state index contributed by atoms with van der Waals surface area (Å²) < 4.78 is 1.98. The van der Waals surface area contributed by atoms with Crippen LogP contribution >= 0.6 is 23.4 Å². The molecular weight excluding hydrogens is 418 g/mol. The van der Waals surface area contributed by atoms with Gasteiger partial charge in [-0.1, -0.05) is 42.3 Å². The van der Waals surface area contributed by atoms with Crippen molar-refractivity contribution in [1.82, 2.24) is 24.6 Å². The predicted molar refractivity (Wildman–Crippen MR) is 120 cm³/mol. The van der Waals surface area contributed by atoms with Crippen LogP contribution in [0.3, 0.4) is 0 Å². The van der Waals surface area contributed by atoms with Crippen LogP contribution in [-0.4, -0.2) is 49.4 Å². The van der Waals surface area contributed by atoms with Gasteiger partial charge in [0, 0.05) is 36.1 Å². The second-order valence-corrected chi connectivity index (χ2v) is 8.69. The molecule has 30 heavy (non-hydrogen) atoms. The Kier molecular flexibility index (Phi) is 6.69. The van der Waals surface area contributed by atoms with E-state index < -0.39 is 0 Å². The van der Waals surface area contributed by atoms with E-state index in [0.717, 1.165) is 42.7 Å². The lowest BCUT2D eigenvalue weighted by atomic mass is 10.2. The van der Waals surface area contributed by atoms with Gasteiger partial charge in [0.05, 0.1) is 11.4 Å². The number of nitrogens with zero attached hydrogens (tertiary/aromatic N) is 5. The fraction of sp³-hybridized carbons (Fsp3) is 0.364. The number of hydrogen-bond acceptors (Lipinski definition) is 5. The van der Waals surface area contributed by atoms with Crippen LogP contribution in [0.1, 0.15) is 31.2 Å². The molecule has 0 aliphatic carbocycles. The standard InChI is InChI=1S/C22H24ClN5OS/c1-16-18(23)7-6-8-19(16)28-21(17-9-11-24-12-10-17)25-26-22(28)30-15-20(29)27-13-4-2-3-5-14-27/h6-12H,2-5,13-15H2,1H3. The first kappa shape index (κ1) is 20.9. The molecule has 156 valence electrons. The Morgan fingerprint density at radius 3 is 2.53 bits per heavy atom. The van der Waals surface area contributed by atoms with Crippen molar-refractivity contribution in [3.8, 4) is 17.1 Å².